The van der Waals surface area contributed by atoms with Gasteiger partial charge in [-0.05, 0) is 26.0 Å². The Morgan fingerprint density at radius 1 is 1.35 bits per heavy atom. The molecule has 5 heteroatoms. The first kappa shape index (κ1) is 11.4. The Morgan fingerprint density at radius 2 is 2.12 bits per heavy atom. The average molecular weight is 232 g/mol. The zero-order valence-corrected chi connectivity index (χ0v) is 10.2. The zero-order chi connectivity index (χ0) is 12.4. The van der Waals surface area contributed by atoms with Crippen LogP contribution in [-0.4, -0.2) is 19.9 Å². The van der Waals surface area contributed by atoms with E-state index in [1.807, 2.05) is 27.1 Å². The summed E-state index contributed by atoms with van der Waals surface area (Å²) in [6.45, 7) is 4.32. The summed E-state index contributed by atoms with van der Waals surface area (Å²) in [5, 5.41) is 17.1. The summed E-state index contributed by atoms with van der Waals surface area (Å²) in [4.78, 5) is 4.28. The van der Waals surface area contributed by atoms with Gasteiger partial charge in [-0.2, -0.15) is 5.10 Å². The van der Waals surface area contributed by atoms with Gasteiger partial charge in [-0.1, -0.05) is 0 Å². The quantitative estimate of drug-likeness (QED) is 0.846. The fourth-order valence-electron chi connectivity index (χ4n) is 1.69. The van der Waals surface area contributed by atoms with E-state index in [2.05, 4.69) is 15.4 Å². The van der Waals surface area contributed by atoms with Crippen molar-refractivity contribution in [3.05, 3.63) is 35.4 Å². The van der Waals surface area contributed by atoms with E-state index in [0.717, 1.165) is 17.1 Å². The summed E-state index contributed by atoms with van der Waals surface area (Å²) in [6.07, 6.45) is 1.90. The predicted molar refractivity (Wildman–Crippen MR) is 65.9 cm³/mol. The van der Waals surface area contributed by atoms with Crippen LogP contribution in [0.3, 0.4) is 0 Å². The van der Waals surface area contributed by atoms with Gasteiger partial charge in [0.05, 0.1) is 17.9 Å². The number of anilines is 1. The highest BCUT2D eigenvalue weighted by Gasteiger charge is 2.06. The van der Waals surface area contributed by atoms with Gasteiger partial charge >= 0.3 is 0 Å². The number of aromatic nitrogens is 3. The highest BCUT2D eigenvalue weighted by atomic mass is 16.3. The lowest BCUT2D eigenvalue weighted by molar-refractivity contribution is 0.464. The van der Waals surface area contributed by atoms with Gasteiger partial charge in [-0.3, -0.25) is 9.67 Å². The van der Waals surface area contributed by atoms with Crippen molar-refractivity contribution in [1.82, 2.24) is 14.8 Å². The van der Waals surface area contributed by atoms with Crippen LogP contribution < -0.4 is 5.32 Å². The second-order valence-electron chi connectivity index (χ2n) is 4.07. The second-order valence-corrected chi connectivity index (χ2v) is 4.07. The van der Waals surface area contributed by atoms with Crippen LogP contribution >= 0.6 is 0 Å². The van der Waals surface area contributed by atoms with Crippen LogP contribution in [0, 0.1) is 13.8 Å². The monoisotopic (exact) mass is 232 g/mol. The molecule has 0 spiro atoms. The number of nitrogens with one attached hydrogen (secondary N) is 1. The van der Waals surface area contributed by atoms with E-state index >= 15 is 0 Å². The van der Waals surface area contributed by atoms with Crippen LogP contribution in [0.1, 0.15) is 17.1 Å². The molecule has 0 aliphatic heterocycles. The van der Waals surface area contributed by atoms with Crippen molar-refractivity contribution in [3.63, 3.8) is 0 Å². The van der Waals surface area contributed by atoms with Crippen LogP contribution in [-0.2, 0) is 13.6 Å². The van der Waals surface area contributed by atoms with Gasteiger partial charge in [0.1, 0.15) is 11.4 Å². The van der Waals surface area contributed by atoms with Crippen molar-refractivity contribution in [2.75, 3.05) is 5.32 Å². The van der Waals surface area contributed by atoms with Crippen LogP contribution in [0.15, 0.2) is 18.3 Å². The summed E-state index contributed by atoms with van der Waals surface area (Å²) in [7, 11) is 1.88. The number of hydrogen-bond donors (Lipinski definition) is 2. The minimum atomic E-state index is 0.213. The summed E-state index contributed by atoms with van der Waals surface area (Å²) in [5.74, 6) is 0.213. The molecule has 2 heterocycles. The Morgan fingerprint density at radius 3 is 2.76 bits per heavy atom. The molecule has 2 aromatic rings. The van der Waals surface area contributed by atoms with Gasteiger partial charge in [-0.25, -0.2) is 0 Å². The Balaban J connectivity index is 2.12. The highest BCUT2D eigenvalue weighted by molar-refractivity contribution is 5.46. The van der Waals surface area contributed by atoms with Crippen molar-refractivity contribution in [3.8, 4) is 5.75 Å². The predicted octanol–water partition coefficient (Wildman–Crippen LogP) is 1.75. The maximum atomic E-state index is 9.66. The van der Waals surface area contributed by atoms with Crippen LogP contribution in [0.4, 0.5) is 5.69 Å². The normalized spacial score (nSPS) is 10.5. The fraction of sp³-hybridized carbons (Fsp3) is 0.333. The maximum absolute atomic E-state index is 9.66. The molecule has 0 aliphatic rings. The standard InChI is InChI=1S/C12H16N4O/c1-8-4-5-12(17)10(14-8)6-13-11-7-16(3)15-9(11)2/h4-5,7,13,17H,6H2,1-3H3. The summed E-state index contributed by atoms with van der Waals surface area (Å²) in [5.41, 5.74) is 3.42. The smallest absolute Gasteiger partial charge is 0.138 e. The molecular weight excluding hydrogens is 216 g/mol. The van der Waals surface area contributed by atoms with Crippen molar-refractivity contribution in [1.29, 1.82) is 0 Å². The molecule has 0 aromatic carbocycles. The Bertz CT molecular complexity index is 533. The minimum absolute atomic E-state index is 0.213. The number of hydrogen-bond acceptors (Lipinski definition) is 4. The summed E-state index contributed by atoms with van der Waals surface area (Å²) in [6, 6.07) is 3.45. The third kappa shape index (κ3) is 2.55. The molecule has 0 aliphatic carbocycles. The van der Waals surface area contributed by atoms with Gasteiger partial charge in [0.2, 0.25) is 0 Å². The van der Waals surface area contributed by atoms with Crippen molar-refractivity contribution >= 4 is 5.69 Å². The van der Waals surface area contributed by atoms with E-state index in [4.69, 9.17) is 0 Å². The highest BCUT2D eigenvalue weighted by Crippen LogP contribution is 2.18. The van der Waals surface area contributed by atoms with Gasteiger partial charge in [0, 0.05) is 18.9 Å². The second kappa shape index (κ2) is 4.45. The van der Waals surface area contributed by atoms with Gasteiger partial charge in [0.25, 0.3) is 0 Å². The molecule has 0 radical (unpaired) electrons. The van der Waals surface area contributed by atoms with E-state index in [0.29, 0.717) is 12.2 Å². The lowest BCUT2D eigenvalue weighted by atomic mass is 10.2. The molecule has 0 saturated carbocycles. The van der Waals surface area contributed by atoms with Crippen molar-refractivity contribution < 1.29 is 5.11 Å². The first-order valence-electron chi connectivity index (χ1n) is 5.46. The topological polar surface area (TPSA) is 63.0 Å². The van der Waals surface area contributed by atoms with Gasteiger partial charge in [0.15, 0.2) is 0 Å². The molecule has 2 N–H and O–H groups in total. The van der Waals surface area contributed by atoms with E-state index in [9.17, 15) is 5.11 Å². The van der Waals surface area contributed by atoms with Crippen LogP contribution in [0.25, 0.3) is 0 Å². The Kier molecular flexibility index (Phi) is 2.99. The third-order valence-corrected chi connectivity index (χ3v) is 2.55. The first-order chi connectivity index (χ1) is 8.06. The first-order valence-corrected chi connectivity index (χ1v) is 5.46. The number of aromatic hydroxyl groups is 1. The number of pyridine rings is 1. The largest absolute Gasteiger partial charge is 0.506 e. The molecule has 0 bridgehead atoms. The Hall–Kier alpha value is -2.04. The zero-order valence-electron chi connectivity index (χ0n) is 10.2. The maximum Gasteiger partial charge on any atom is 0.138 e. The molecule has 0 amide bonds. The lowest BCUT2D eigenvalue weighted by Gasteiger charge is -2.06. The molecule has 0 saturated heterocycles. The molecule has 90 valence electrons. The minimum Gasteiger partial charge on any atom is -0.506 e. The molecule has 0 fully saturated rings. The number of rotatable bonds is 3. The molecule has 2 aromatic heterocycles. The number of nitrogens with zero attached hydrogens (tertiary/aromatic N) is 3. The van der Waals surface area contributed by atoms with Crippen molar-refractivity contribution in [2.24, 2.45) is 7.05 Å². The summed E-state index contributed by atoms with van der Waals surface area (Å²) >= 11 is 0. The van der Waals surface area contributed by atoms with E-state index < -0.39 is 0 Å². The van der Waals surface area contributed by atoms with Crippen LogP contribution in [0.2, 0.25) is 0 Å². The van der Waals surface area contributed by atoms with Gasteiger partial charge in [-0.15, -0.1) is 0 Å². The van der Waals surface area contributed by atoms with Crippen LogP contribution in [0.5, 0.6) is 5.75 Å². The van der Waals surface area contributed by atoms with Crippen molar-refractivity contribution in [2.45, 2.75) is 20.4 Å². The fourth-order valence-corrected chi connectivity index (χ4v) is 1.69. The van der Waals surface area contributed by atoms with E-state index in [1.165, 1.54) is 0 Å². The number of aryl methyl sites for hydroxylation is 3. The Labute approximate surface area is 100 Å². The molecular formula is C12H16N4O. The molecule has 2 rings (SSSR count). The molecule has 17 heavy (non-hydrogen) atoms. The molecule has 5 nitrogen and oxygen atoms in total. The molecule has 0 unspecified atom stereocenters. The van der Waals surface area contributed by atoms with Gasteiger partial charge < -0.3 is 10.4 Å². The summed E-state index contributed by atoms with van der Waals surface area (Å²) < 4.78 is 1.75. The lowest BCUT2D eigenvalue weighted by Crippen LogP contribution is -2.03. The third-order valence-electron chi connectivity index (χ3n) is 2.55. The SMILES string of the molecule is Cc1ccc(O)c(CNc2cn(C)nc2C)n1. The average Bonchev–Trinajstić information content (AvgIpc) is 2.59. The van der Waals surface area contributed by atoms with E-state index in [1.54, 1.807) is 16.8 Å². The molecule has 0 atom stereocenters. The van der Waals surface area contributed by atoms with E-state index in [-0.39, 0.29) is 5.75 Å².